The summed E-state index contributed by atoms with van der Waals surface area (Å²) in [6.45, 7) is 0.532. The molecule has 1 aromatic carbocycles. The number of amides is 2. The molecule has 0 saturated carbocycles. The third-order valence-electron chi connectivity index (χ3n) is 8.13. The van der Waals surface area contributed by atoms with Crippen LogP contribution in [0.25, 0.3) is 23.0 Å². The summed E-state index contributed by atoms with van der Waals surface area (Å²) in [7, 11) is 0. The Morgan fingerprint density at radius 1 is 0.755 bits per heavy atom. The average Bonchev–Trinajstić information content (AvgIpc) is 3.81. The number of aromatic nitrogens is 10. The molecule has 5 heterocycles. The van der Waals surface area contributed by atoms with Gasteiger partial charge in [0.1, 0.15) is 11.4 Å². The molecule has 5 aromatic heterocycles. The second-order valence-corrected chi connectivity index (χ2v) is 11.6. The van der Waals surface area contributed by atoms with Crippen LogP contribution in [0, 0.1) is 0 Å². The monoisotopic (exact) mass is 655 g/mol. The van der Waals surface area contributed by atoms with Crippen molar-refractivity contribution >= 4 is 29.7 Å². The van der Waals surface area contributed by atoms with Crippen LogP contribution in [0.4, 0.5) is 17.8 Å². The van der Waals surface area contributed by atoms with E-state index in [1.807, 2.05) is 48.5 Å². The molecule has 2 amide bonds. The fourth-order valence-electron chi connectivity index (χ4n) is 5.74. The molecule has 0 aliphatic heterocycles. The van der Waals surface area contributed by atoms with Crippen molar-refractivity contribution in [3.05, 3.63) is 102 Å². The van der Waals surface area contributed by atoms with Gasteiger partial charge in [-0.1, -0.05) is 30.3 Å². The van der Waals surface area contributed by atoms with Crippen molar-refractivity contribution in [3.63, 3.8) is 0 Å². The van der Waals surface area contributed by atoms with E-state index in [2.05, 4.69) is 73.4 Å². The highest BCUT2D eigenvalue weighted by atomic mass is 16.2. The lowest BCUT2D eigenvalue weighted by molar-refractivity contribution is -0.116. The highest BCUT2D eigenvalue weighted by Crippen LogP contribution is 2.32. The molecule has 0 radical (unpaired) electrons. The Bertz CT molecular complexity index is 2050. The Hall–Kier alpha value is -6.38. The van der Waals surface area contributed by atoms with Crippen LogP contribution < -0.4 is 16.0 Å². The fraction of sp³-hybridized carbons (Fsp3) is 0.235. The summed E-state index contributed by atoms with van der Waals surface area (Å²) in [5.74, 6) is 1.92. The maximum atomic E-state index is 12.8. The summed E-state index contributed by atoms with van der Waals surface area (Å²) >= 11 is 0. The van der Waals surface area contributed by atoms with Crippen LogP contribution in [0.1, 0.15) is 47.6 Å². The van der Waals surface area contributed by atoms with Gasteiger partial charge in [0.15, 0.2) is 11.6 Å². The van der Waals surface area contributed by atoms with E-state index in [0.29, 0.717) is 42.0 Å². The predicted molar refractivity (Wildman–Crippen MR) is 181 cm³/mol. The largest absolute Gasteiger partial charge is 0.354 e. The zero-order valence-corrected chi connectivity index (χ0v) is 26.4. The molecule has 0 saturated heterocycles. The summed E-state index contributed by atoms with van der Waals surface area (Å²) < 4.78 is 0. The number of aromatic amines is 2. The second-order valence-electron chi connectivity index (χ2n) is 11.6. The quantitative estimate of drug-likeness (QED) is 0.119. The molecular formula is C34H33N13O2. The minimum absolute atomic E-state index is 0.175. The summed E-state index contributed by atoms with van der Waals surface area (Å²) in [6.07, 6.45) is 8.90. The lowest BCUT2D eigenvalue weighted by atomic mass is 9.81. The predicted octanol–water partition coefficient (Wildman–Crippen LogP) is 4.12. The first-order valence-corrected chi connectivity index (χ1v) is 16.0. The molecular weight excluding hydrogens is 622 g/mol. The molecule has 0 bridgehead atoms. The first-order chi connectivity index (χ1) is 24.1. The average molecular weight is 656 g/mol. The first-order valence-electron chi connectivity index (χ1n) is 16.0. The van der Waals surface area contributed by atoms with E-state index in [1.165, 1.54) is 11.1 Å². The second kappa shape index (κ2) is 14.6. The van der Waals surface area contributed by atoms with Crippen LogP contribution in [-0.2, 0) is 28.9 Å². The molecule has 15 nitrogen and oxygen atoms in total. The number of carbonyl (C=O) groups excluding carboxylic acids is 2. The number of nitrogens with zero attached hydrogens (tertiary/aromatic N) is 8. The van der Waals surface area contributed by atoms with Crippen molar-refractivity contribution in [2.75, 3.05) is 22.5 Å². The number of aryl methyl sites for hydroxylation is 1. The maximum Gasteiger partial charge on any atom is 0.231 e. The van der Waals surface area contributed by atoms with Crippen molar-refractivity contribution in [2.45, 2.75) is 44.4 Å². The van der Waals surface area contributed by atoms with Crippen LogP contribution >= 0.6 is 0 Å². The highest BCUT2D eigenvalue weighted by molar-refractivity contribution is 5.91. The third-order valence-corrected chi connectivity index (χ3v) is 8.13. The van der Waals surface area contributed by atoms with E-state index in [1.54, 1.807) is 18.6 Å². The van der Waals surface area contributed by atoms with Crippen LogP contribution in [-0.4, -0.2) is 68.7 Å². The molecule has 246 valence electrons. The van der Waals surface area contributed by atoms with Crippen molar-refractivity contribution in [2.24, 2.45) is 0 Å². The molecule has 5 N–H and O–H groups in total. The molecule has 1 aliphatic carbocycles. The molecule has 1 aliphatic rings. The zero-order chi connectivity index (χ0) is 33.4. The summed E-state index contributed by atoms with van der Waals surface area (Å²) in [5, 5.41) is 24.9. The van der Waals surface area contributed by atoms with Gasteiger partial charge >= 0.3 is 0 Å². The highest BCUT2D eigenvalue weighted by Gasteiger charge is 2.22. The number of carbonyl (C=O) groups is 2. The van der Waals surface area contributed by atoms with Crippen LogP contribution in [0.2, 0.25) is 0 Å². The maximum absolute atomic E-state index is 12.8. The van der Waals surface area contributed by atoms with Gasteiger partial charge in [-0.2, -0.15) is 0 Å². The molecule has 7 rings (SSSR count). The van der Waals surface area contributed by atoms with Crippen LogP contribution in [0.3, 0.4) is 0 Å². The first kappa shape index (κ1) is 31.2. The minimum Gasteiger partial charge on any atom is -0.354 e. The Labute approximate surface area is 280 Å². The van der Waals surface area contributed by atoms with Gasteiger partial charge < -0.3 is 15.3 Å². The summed E-state index contributed by atoms with van der Waals surface area (Å²) in [5.41, 5.74) is 5.69. The lowest BCUT2D eigenvalue weighted by Gasteiger charge is -2.25. The number of rotatable bonds is 12. The van der Waals surface area contributed by atoms with E-state index < -0.39 is 0 Å². The van der Waals surface area contributed by atoms with Gasteiger partial charge in [-0.25, -0.2) is 9.97 Å². The van der Waals surface area contributed by atoms with Gasteiger partial charge in [-0.05, 0) is 72.7 Å². The van der Waals surface area contributed by atoms with E-state index in [0.717, 1.165) is 30.5 Å². The Balaban J connectivity index is 0.883. The van der Waals surface area contributed by atoms with E-state index >= 15 is 0 Å². The molecule has 6 aromatic rings. The lowest BCUT2D eigenvalue weighted by Crippen LogP contribution is -2.18. The van der Waals surface area contributed by atoms with Crippen molar-refractivity contribution in [3.8, 4) is 23.0 Å². The van der Waals surface area contributed by atoms with Gasteiger partial charge in [0.2, 0.25) is 29.7 Å². The van der Waals surface area contributed by atoms with Gasteiger partial charge in [0, 0.05) is 43.2 Å². The minimum atomic E-state index is -0.187. The SMILES string of the molecule is O=C(CCCNc1nccc(C2CCc3ccc(CC(=O)Nc4nnc(-c5ccccn5)[nH]4)cc3C2)n1)Nc1nnc(-c2ccccn2)[nH]1. The van der Waals surface area contributed by atoms with E-state index in [4.69, 9.17) is 4.98 Å². The number of anilines is 3. The van der Waals surface area contributed by atoms with Gasteiger partial charge in [0.25, 0.3) is 0 Å². The molecule has 15 heteroatoms. The van der Waals surface area contributed by atoms with Crippen molar-refractivity contribution in [1.29, 1.82) is 0 Å². The number of fused-ring (bicyclic) bond motifs is 1. The smallest absolute Gasteiger partial charge is 0.231 e. The zero-order valence-electron chi connectivity index (χ0n) is 26.4. The standard InChI is InChI=1S/C34H33N13O2/c48-28(40-33-42-30(44-46-33)26-6-1-3-14-35-26)8-5-16-37-32-38-17-13-25(39-32)23-12-11-22-10-9-21(18-24(22)20-23)19-29(49)41-34-43-31(45-47-34)27-7-2-4-15-36-27/h1-4,6-7,9-10,13-15,17-18,23H,5,8,11-12,16,19-20H2,(H,37,38,39)(H2,40,42,44,46,48)(H2,41,43,45,47,49). The van der Waals surface area contributed by atoms with E-state index in [9.17, 15) is 9.59 Å². The van der Waals surface area contributed by atoms with Gasteiger partial charge in [0.05, 0.1) is 6.42 Å². The van der Waals surface area contributed by atoms with Gasteiger partial charge in [-0.15, -0.1) is 20.4 Å². The summed E-state index contributed by atoms with van der Waals surface area (Å²) in [6, 6.07) is 19.2. The van der Waals surface area contributed by atoms with E-state index in [-0.39, 0.29) is 42.5 Å². The third kappa shape index (κ3) is 7.96. The molecule has 49 heavy (non-hydrogen) atoms. The molecule has 0 spiro atoms. The normalized spacial score (nSPS) is 13.8. The fourth-order valence-corrected chi connectivity index (χ4v) is 5.74. The topological polar surface area (TPSA) is 205 Å². The van der Waals surface area contributed by atoms with Crippen LogP contribution in [0.15, 0.2) is 79.3 Å². The Morgan fingerprint density at radius 2 is 1.47 bits per heavy atom. The summed E-state index contributed by atoms with van der Waals surface area (Å²) in [4.78, 5) is 48.9. The van der Waals surface area contributed by atoms with Gasteiger partial charge in [-0.3, -0.25) is 30.2 Å². The number of hydrogen-bond acceptors (Lipinski definition) is 11. The molecule has 1 unspecified atom stereocenters. The van der Waals surface area contributed by atoms with Crippen molar-refractivity contribution in [1.82, 2.24) is 50.3 Å². The van der Waals surface area contributed by atoms with Crippen LogP contribution in [0.5, 0.6) is 0 Å². The Morgan fingerprint density at radius 3 is 2.16 bits per heavy atom. The number of H-pyrrole nitrogens is 2. The number of pyridine rings is 2. The Kier molecular flexibility index (Phi) is 9.30. The number of hydrogen-bond donors (Lipinski definition) is 5. The molecule has 0 fully saturated rings. The molecule has 1 atom stereocenters. The number of nitrogens with one attached hydrogen (secondary N) is 5. The number of benzene rings is 1. The van der Waals surface area contributed by atoms with Crippen molar-refractivity contribution < 1.29 is 9.59 Å².